The first-order chi connectivity index (χ1) is 18.4. The third-order valence-corrected chi connectivity index (χ3v) is 6.63. The lowest BCUT2D eigenvalue weighted by atomic mass is 9.99. The van der Waals surface area contributed by atoms with Crippen LogP contribution >= 0.6 is 0 Å². The topological polar surface area (TPSA) is 249 Å². The molecule has 3 heterocycles. The summed E-state index contributed by atoms with van der Waals surface area (Å²) in [5.41, 5.74) is 0.535. The second-order valence-electron chi connectivity index (χ2n) is 9.20. The van der Waals surface area contributed by atoms with Crippen LogP contribution in [0.5, 0.6) is 11.5 Å². The number of hydrogen-bond acceptors (Lipinski definition) is 12. The van der Waals surface area contributed by atoms with Crippen LogP contribution in [0.15, 0.2) is 35.6 Å². The van der Waals surface area contributed by atoms with Crippen molar-refractivity contribution in [3.05, 3.63) is 41.1 Å². The van der Waals surface area contributed by atoms with E-state index in [0.29, 0.717) is 5.56 Å². The Labute approximate surface area is 219 Å². The lowest BCUT2D eigenvalue weighted by Crippen LogP contribution is -2.60. The molecule has 3 aliphatic heterocycles. The Morgan fingerprint density at radius 2 is 1.85 bits per heavy atom. The fourth-order valence-corrected chi connectivity index (χ4v) is 4.57. The Bertz CT molecular complexity index is 1270. The number of nitrogens with zero attached hydrogens (tertiary/aromatic N) is 1. The van der Waals surface area contributed by atoms with Crippen molar-refractivity contribution in [1.82, 2.24) is 5.32 Å². The molecule has 0 aliphatic carbocycles. The summed E-state index contributed by atoms with van der Waals surface area (Å²) in [5.74, 6) is -4.86. The second-order valence-corrected chi connectivity index (χ2v) is 9.20. The van der Waals surface area contributed by atoms with Gasteiger partial charge in [0, 0.05) is 24.5 Å². The summed E-state index contributed by atoms with van der Waals surface area (Å²) in [4.78, 5) is 34.7. The zero-order chi connectivity index (χ0) is 28.6. The van der Waals surface area contributed by atoms with Crippen LogP contribution in [0.25, 0.3) is 0 Å². The maximum Gasteiger partial charge on any atom is 0.351 e. The van der Waals surface area contributed by atoms with Gasteiger partial charge >= 0.3 is 11.9 Å². The van der Waals surface area contributed by atoms with Crippen molar-refractivity contribution in [3.8, 4) is 11.5 Å². The number of ether oxygens (including phenoxy) is 2. The zero-order valence-corrected chi connectivity index (χ0v) is 20.1. The fraction of sp³-hybridized carbons (Fsp3) is 0.417. The average Bonchev–Trinajstić information content (AvgIpc) is 3.24. The number of carboxylic acids is 3. The first kappa shape index (κ1) is 28.0. The van der Waals surface area contributed by atoms with E-state index in [2.05, 4.69) is 5.32 Å². The summed E-state index contributed by atoms with van der Waals surface area (Å²) in [5, 5.41) is 82.9. The highest BCUT2D eigenvalue weighted by Gasteiger charge is 2.45. The maximum absolute atomic E-state index is 11.9. The minimum absolute atomic E-state index is 0.0869. The van der Waals surface area contributed by atoms with E-state index in [4.69, 9.17) is 9.47 Å². The Morgan fingerprint density at radius 1 is 1.13 bits per heavy atom. The van der Waals surface area contributed by atoms with E-state index in [1.54, 1.807) is 0 Å². The van der Waals surface area contributed by atoms with Gasteiger partial charge in [0.2, 0.25) is 18.0 Å². The number of benzene rings is 1. The molecule has 15 heteroatoms. The van der Waals surface area contributed by atoms with E-state index < -0.39 is 73.1 Å². The summed E-state index contributed by atoms with van der Waals surface area (Å²) < 4.78 is 12.0. The second kappa shape index (κ2) is 11.0. The van der Waals surface area contributed by atoms with Crippen LogP contribution in [0.2, 0.25) is 0 Å². The molecule has 1 fully saturated rings. The molecule has 0 spiro atoms. The minimum atomic E-state index is -1.74. The van der Waals surface area contributed by atoms with Crippen LogP contribution in [0, 0.1) is 0 Å². The highest BCUT2D eigenvalue weighted by atomic mass is 16.7. The molecule has 0 aromatic heterocycles. The molecule has 0 amide bonds. The van der Waals surface area contributed by atoms with Crippen molar-refractivity contribution in [2.24, 2.45) is 0 Å². The first-order valence-corrected chi connectivity index (χ1v) is 11.7. The molecule has 39 heavy (non-hydrogen) atoms. The van der Waals surface area contributed by atoms with Crippen LogP contribution in [0.3, 0.4) is 0 Å². The molecule has 1 unspecified atom stereocenters. The summed E-state index contributed by atoms with van der Waals surface area (Å²) in [6.45, 7) is -0.693. The van der Waals surface area contributed by atoms with Gasteiger partial charge in [0.1, 0.15) is 42.1 Å². The number of phenolic OH excluding ortho intramolecular Hbond substituents is 1. The minimum Gasteiger partial charge on any atom is -0.543 e. The standard InChI is InChI=1S/C24H26N2O13/c27-8-17-18(29)19(30)20(31)24(39-17)38-16-6-10-5-14(23(36)37)26(13(10)7-15(16)28)2-1-9-3-11(21(32)33)25-12(4-9)22(34)35/h1-3,6-7,12,14,17-20,24,27,29-31H,4-5,8H2,(H4,28,32,33,34,35,36,37)/t12?,14-,17+,18+,19-,20+,24+/m0/s1. The normalized spacial score (nSPS) is 32.3. The molecule has 1 aromatic carbocycles. The summed E-state index contributed by atoms with van der Waals surface area (Å²) >= 11 is 0. The van der Waals surface area contributed by atoms with Crippen LogP contribution < -0.4 is 15.2 Å². The SMILES string of the molecule is O=C(O)C1=C/C(=C/C=[N+]2c3cc(O)c(O[C@@H]4O[C@H](CO)[C@@H](O)[C@H](O)[C@H]4O)cc3C[C@H]2C(=O)[O-])CC(C(=O)O)N1. The van der Waals surface area contributed by atoms with Gasteiger partial charge < -0.3 is 60.4 Å². The number of nitrogens with one attached hydrogen (secondary N) is 1. The van der Waals surface area contributed by atoms with Gasteiger partial charge in [0.25, 0.3) is 0 Å². The predicted molar refractivity (Wildman–Crippen MR) is 124 cm³/mol. The number of carboxylic acid groups (broad SMARTS) is 3. The number of aliphatic carboxylic acids is 3. The van der Waals surface area contributed by atoms with Crippen LogP contribution in [0.1, 0.15) is 12.0 Å². The van der Waals surface area contributed by atoms with Gasteiger partial charge in [-0.2, -0.15) is 4.58 Å². The highest BCUT2D eigenvalue weighted by molar-refractivity contribution is 5.89. The number of aromatic hydroxyl groups is 1. The van der Waals surface area contributed by atoms with Gasteiger partial charge in [-0.05, 0) is 17.7 Å². The zero-order valence-electron chi connectivity index (χ0n) is 20.1. The maximum atomic E-state index is 11.9. The Balaban J connectivity index is 1.66. The lowest BCUT2D eigenvalue weighted by Gasteiger charge is -2.39. The molecule has 210 valence electrons. The van der Waals surface area contributed by atoms with Crippen LogP contribution in [-0.2, 0) is 25.5 Å². The molecule has 0 radical (unpaired) electrons. The number of allylic oxidation sites excluding steroid dienone is 2. The van der Waals surface area contributed by atoms with Crippen molar-refractivity contribution >= 4 is 29.8 Å². The van der Waals surface area contributed by atoms with E-state index in [9.17, 15) is 55.2 Å². The number of aliphatic hydroxyl groups excluding tert-OH is 4. The quantitative estimate of drug-likeness (QED) is 0.152. The van der Waals surface area contributed by atoms with Gasteiger partial charge in [0.15, 0.2) is 17.7 Å². The van der Waals surface area contributed by atoms with E-state index >= 15 is 0 Å². The molecule has 3 aliphatic rings. The van der Waals surface area contributed by atoms with E-state index in [1.807, 2.05) is 0 Å². The van der Waals surface area contributed by atoms with Gasteiger partial charge in [-0.15, -0.1) is 0 Å². The third-order valence-electron chi connectivity index (χ3n) is 6.63. The van der Waals surface area contributed by atoms with Gasteiger partial charge in [0.05, 0.1) is 12.7 Å². The molecule has 8 N–H and O–H groups in total. The largest absolute Gasteiger partial charge is 0.543 e. The Hall–Kier alpha value is -4.02. The Kier molecular flexibility index (Phi) is 7.89. The molecule has 1 aromatic rings. The van der Waals surface area contributed by atoms with Crippen LogP contribution in [-0.4, -0.2) is 114 Å². The molecule has 7 atom stereocenters. The number of carbonyl (C=O) groups is 3. The monoisotopic (exact) mass is 550 g/mol. The molecular formula is C24H26N2O13. The van der Waals surface area contributed by atoms with Gasteiger partial charge in [-0.3, -0.25) is 0 Å². The Morgan fingerprint density at radius 3 is 2.46 bits per heavy atom. The lowest BCUT2D eigenvalue weighted by molar-refractivity contribution is -0.475. The average molecular weight is 550 g/mol. The molecule has 0 bridgehead atoms. The van der Waals surface area contributed by atoms with Crippen molar-refractivity contribution in [1.29, 1.82) is 0 Å². The molecule has 1 saturated heterocycles. The fourth-order valence-electron chi connectivity index (χ4n) is 4.57. The first-order valence-electron chi connectivity index (χ1n) is 11.7. The summed E-state index contributed by atoms with van der Waals surface area (Å²) in [6, 6.07) is -0.00207. The smallest absolute Gasteiger partial charge is 0.351 e. The van der Waals surface area contributed by atoms with Crippen molar-refractivity contribution in [2.45, 2.75) is 55.6 Å². The molecular weight excluding hydrogens is 524 g/mol. The number of aliphatic hydroxyl groups is 4. The molecule has 4 rings (SSSR count). The number of fused-ring (bicyclic) bond motifs is 1. The molecule has 0 saturated carbocycles. The number of hydrogen-bond donors (Lipinski definition) is 8. The highest BCUT2D eigenvalue weighted by Crippen LogP contribution is 2.40. The van der Waals surface area contributed by atoms with Gasteiger partial charge in [-0.1, -0.05) is 0 Å². The van der Waals surface area contributed by atoms with E-state index in [1.165, 1.54) is 35.1 Å². The predicted octanol–water partition coefficient (Wildman–Crippen LogP) is -3.70. The van der Waals surface area contributed by atoms with Gasteiger partial charge in [-0.25, -0.2) is 9.59 Å². The molecule has 15 nitrogen and oxygen atoms in total. The summed E-state index contributed by atoms with van der Waals surface area (Å²) in [6.07, 6.45) is -4.24. The van der Waals surface area contributed by atoms with Crippen LogP contribution in [0.4, 0.5) is 5.69 Å². The van der Waals surface area contributed by atoms with E-state index in [-0.39, 0.29) is 35.5 Å². The van der Waals surface area contributed by atoms with Crippen molar-refractivity contribution in [3.63, 3.8) is 0 Å². The van der Waals surface area contributed by atoms with E-state index in [0.717, 1.165) is 0 Å². The number of rotatable bonds is 7. The van der Waals surface area contributed by atoms with Crippen molar-refractivity contribution < 1.29 is 69.3 Å². The van der Waals surface area contributed by atoms with Crippen molar-refractivity contribution in [2.75, 3.05) is 6.61 Å². The number of carbonyl (C=O) groups excluding carboxylic acids is 1. The third kappa shape index (κ3) is 5.57. The number of phenols is 1. The summed E-state index contributed by atoms with van der Waals surface area (Å²) in [7, 11) is 0.